The number of benzene rings is 2. The van der Waals surface area contributed by atoms with Gasteiger partial charge in [0.25, 0.3) is 5.91 Å². The minimum absolute atomic E-state index is 0.0225. The summed E-state index contributed by atoms with van der Waals surface area (Å²) in [7, 11) is 0. The highest BCUT2D eigenvalue weighted by Gasteiger charge is 2.43. The maximum atomic E-state index is 13.2. The Morgan fingerprint density at radius 1 is 1.12 bits per heavy atom. The fourth-order valence-electron chi connectivity index (χ4n) is 3.35. The second kappa shape index (κ2) is 9.31. The van der Waals surface area contributed by atoms with Crippen LogP contribution in [0.15, 0.2) is 42.5 Å². The number of amides is 1. The number of carbonyl (C=O) groups excluding carboxylic acids is 1. The monoisotopic (exact) mass is 444 g/mol. The molecule has 1 amide bonds. The van der Waals surface area contributed by atoms with Gasteiger partial charge in [0.05, 0.1) is 17.2 Å². The van der Waals surface area contributed by atoms with Crippen LogP contribution < -0.4 is 5.32 Å². The average molecular weight is 444 g/mol. The van der Waals surface area contributed by atoms with E-state index in [0.717, 1.165) is 12.1 Å². The molecule has 2 aromatic rings. The number of anilines is 1. The highest BCUT2D eigenvalue weighted by molar-refractivity contribution is 6.00. The fraction of sp³-hybridized carbons (Fsp3) is 0.304. The van der Waals surface area contributed by atoms with Crippen LogP contribution in [0.2, 0.25) is 0 Å². The number of alkyl halides is 3. The number of rotatable bonds is 3. The van der Waals surface area contributed by atoms with E-state index in [1.54, 1.807) is 0 Å². The van der Waals surface area contributed by atoms with Crippen LogP contribution in [0.1, 0.15) is 29.5 Å². The lowest BCUT2D eigenvalue weighted by molar-refractivity contribution is -0.138. The largest absolute Gasteiger partial charge is 0.508 e. The Bertz CT molecular complexity index is 1090. The van der Waals surface area contributed by atoms with Crippen LogP contribution in [-0.4, -0.2) is 34.9 Å². The molecule has 1 unspecified atom stereocenters. The van der Waals surface area contributed by atoms with E-state index in [0.29, 0.717) is 37.7 Å². The lowest BCUT2D eigenvalue weighted by Gasteiger charge is -2.33. The Morgan fingerprint density at radius 3 is 2.38 bits per heavy atom. The second-order valence-corrected chi connectivity index (χ2v) is 7.27. The molecule has 0 aromatic heterocycles. The van der Waals surface area contributed by atoms with Crippen molar-refractivity contribution in [2.45, 2.75) is 24.6 Å². The summed E-state index contributed by atoms with van der Waals surface area (Å²) < 4.78 is 45.0. The van der Waals surface area contributed by atoms with Gasteiger partial charge in [0, 0.05) is 30.4 Å². The molecule has 0 bridgehead atoms. The summed E-state index contributed by atoms with van der Waals surface area (Å²) in [6.07, 6.45) is -4.13. The topological polar surface area (TPSA) is 103 Å². The van der Waals surface area contributed by atoms with Gasteiger partial charge in [-0.2, -0.15) is 18.4 Å². The van der Waals surface area contributed by atoms with Gasteiger partial charge >= 0.3 is 6.18 Å². The Balaban J connectivity index is 1.94. The third kappa shape index (κ3) is 5.20. The number of aliphatic hydroxyl groups is 1. The summed E-state index contributed by atoms with van der Waals surface area (Å²) in [5, 5.41) is 31.9. The molecule has 1 atom stereocenters. The molecule has 2 aromatic carbocycles. The third-order valence-electron chi connectivity index (χ3n) is 5.13. The van der Waals surface area contributed by atoms with Gasteiger partial charge in [0.15, 0.2) is 0 Å². The summed E-state index contributed by atoms with van der Waals surface area (Å²) in [5.41, 5.74) is -3.77. The number of phenolic OH excluding ortho intramolecular Hbond substituents is 1. The molecule has 0 radical (unpaired) electrons. The molecule has 1 saturated heterocycles. The smallest absolute Gasteiger partial charge is 0.417 e. The molecule has 1 fully saturated rings. The van der Waals surface area contributed by atoms with Gasteiger partial charge in [-0.05, 0) is 55.3 Å². The summed E-state index contributed by atoms with van der Waals surface area (Å²) >= 11 is 0. The Morgan fingerprint density at radius 2 is 1.78 bits per heavy atom. The SMILES string of the molecule is N#Cc1ccc(NC(=O)C(O)(C#Cc2ccc(O)cc2)C2CCOCC2)cc1C(F)(F)F. The molecule has 3 rings (SSSR count). The number of ether oxygens (including phenoxy) is 1. The van der Waals surface area contributed by atoms with Gasteiger partial charge in [0.1, 0.15) is 5.75 Å². The van der Waals surface area contributed by atoms with Crippen molar-refractivity contribution >= 4 is 11.6 Å². The van der Waals surface area contributed by atoms with E-state index < -0.39 is 34.7 Å². The van der Waals surface area contributed by atoms with E-state index in [-0.39, 0.29) is 11.4 Å². The number of nitrogens with zero attached hydrogens (tertiary/aromatic N) is 1. The number of hydrogen-bond acceptors (Lipinski definition) is 5. The standard InChI is InChI=1S/C23H19F3N2O4/c24-23(25,26)20-13-18(4-3-16(20)14-27)28-21(30)22(31,17-8-11-32-12-9-17)10-7-15-1-5-19(29)6-2-15/h1-6,13,17,29,31H,8-9,11-12H2,(H,28,30). The zero-order chi connectivity index (χ0) is 23.4. The predicted molar refractivity (Wildman–Crippen MR) is 108 cm³/mol. The molecule has 0 aliphatic carbocycles. The van der Waals surface area contributed by atoms with E-state index in [9.17, 15) is 28.2 Å². The molecule has 166 valence electrons. The normalized spacial score (nSPS) is 16.2. The number of halogens is 3. The number of hydrogen-bond donors (Lipinski definition) is 3. The predicted octanol–water partition coefficient (Wildman–Crippen LogP) is 3.43. The lowest BCUT2D eigenvalue weighted by atomic mass is 9.81. The molecule has 1 aliphatic rings. The average Bonchev–Trinajstić information content (AvgIpc) is 2.78. The van der Waals surface area contributed by atoms with E-state index in [4.69, 9.17) is 10.00 Å². The molecular formula is C23H19F3N2O4. The van der Waals surface area contributed by atoms with Crippen LogP contribution in [0.3, 0.4) is 0 Å². The van der Waals surface area contributed by atoms with Crippen molar-refractivity contribution in [2.75, 3.05) is 18.5 Å². The molecule has 9 heteroatoms. The van der Waals surface area contributed by atoms with E-state index >= 15 is 0 Å². The molecule has 3 N–H and O–H groups in total. The molecular weight excluding hydrogens is 425 g/mol. The number of carbonyl (C=O) groups is 1. The molecule has 0 spiro atoms. The van der Waals surface area contributed by atoms with Crippen molar-refractivity contribution in [1.29, 1.82) is 5.26 Å². The van der Waals surface area contributed by atoms with Crippen molar-refractivity contribution in [3.8, 4) is 23.7 Å². The van der Waals surface area contributed by atoms with E-state index in [1.807, 2.05) is 0 Å². The van der Waals surface area contributed by atoms with Gasteiger partial charge in [-0.1, -0.05) is 11.8 Å². The Kier molecular flexibility index (Phi) is 6.73. The highest BCUT2D eigenvalue weighted by atomic mass is 19.4. The van der Waals surface area contributed by atoms with Crippen LogP contribution in [0.5, 0.6) is 5.75 Å². The van der Waals surface area contributed by atoms with Gasteiger partial charge < -0.3 is 20.3 Å². The van der Waals surface area contributed by atoms with E-state index in [1.165, 1.54) is 30.3 Å². The fourth-order valence-corrected chi connectivity index (χ4v) is 3.35. The summed E-state index contributed by atoms with van der Waals surface area (Å²) in [5.74, 6) is 3.70. The maximum Gasteiger partial charge on any atom is 0.417 e. The number of nitriles is 1. The summed E-state index contributed by atoms with van der Waals surface area (Å²) in [6, 6.07) is 10.0. The molecule has 1 aliphatic heterocycles. The van der Waals surface area contributed by atoms with Crippen LogP contribution in [0.25, 0.3) is 0 Å². The Labute approximate surface area is 182 Å². The van der Waals surface area contributed by atoms with Crippen LogP contribution in [-0.2, 0) is 15.7 Å². The van der Waals surface area contributed by atoms with Crippen molar-refractivity contribution in [2.24, 2.45) is 5.92 Å². The van der Waals surface area contributed by atoms with Crippen molar-refractivity contribution in [3.63, 3.8) is 0 Å². The molecule has 1 heterocycles. The second-order valence-electron chi connectivity index (χ2n) is 7.27. The van der Waals surface area contributed by atoms with Crippen molar-refractivity contribution < 1.29 is 32.9 Å². The number of nitrogens with one attached hydrogen (secondary N) is 1. The Hall–Kier alpha value is -3.53. The van der Waals surface area contributed by atoms with Gasteiger partial charge in [0.2, 0.25) is 5.60 Å². The van der Waals surface area contributed by atoms with E-state index in [2.05, 4.69) is 17.2 Å². The molecule has 6 nitrogen and oxygen atoms in total. The molecule has 32 heavy (non-hydrogen) atoms. The molecule has 0 saturated carbocycles. The maximum absolute atomic E-state index is 13.2. The summed E-state index contributed by atoms with van der Waals surface area (Å²) in [4.78, 5) is 13.0. The van der Waals surface area contributed by atoms with Crippen LogP contribution in [0.4, 0.5) is 18.9 Å². The first-order chi connectivity index (χ1) is 15.1. The van der Waals surface area contributed by atoms with Gasteiger partial charge in [-0.25, -0.2) is 0 Å². The summed E-state index contributed by atoms with van der Waals surface area (Å²) in [6.45, 7) is 0.604. The number of phenols is 1. The third-order valence-corrected chi connectivity index (χ3v) is 5.13. The van der Waals surface area contributed by atoms with Crippen LogP contribution >= 0.6 is 0 Å². The number of aromatic hydroxyl groups is 1. The first kappa shape index (κ1) is 23.1. The van der Waals surface area contributed by atoms with Crippen molar-refractivity contribution in [3.05, 3.63) is 59.2 Å². The zero-order valence-electron chi connectivity index (χ0n) is 16.7. The lowest BCUT2D eigenvalue weighted by Crippen LogP contribution is -2.50. The minimum Gasteiger partial charge on any atom is -0.508 e. The highest BCUT2D eigenvalue weighted by Crippen LogP contribution is 2.34. The van der Waals surface area contributed by atoms with Crippen molar-refractivity contribution in [1.82, 2.24) is 0 Å². The quantitative estimate of drug-likeness (QED) is 0.630. The first-order valence-electron chi connectivity index (χ1n) is 9.68. The zero-order valence-corrected chi connectivity index (χ0v) is 16.7. The van der Waals surface area contributed by atoms with Crippen LogP contribution in [0, 0.1) is 29.1 Å². The van der Waals surface area contributed by atoms with Gasteiger partial charge in [-0.15, -0.1) is 0 Å². The first-order valence-corrected chi connectivity index (χ1v) is 9.68. The minimum atomic E-state index is -4.79. The van der Waals surface area contributed by atoms with Gasteiger partial charge in [-0.3, -0.25) is 4.79 Å².